The van der Waals surface area contributed by atoms with Crippen LogP contribution in [0, 0.1) is 20.8 Å². The average Bonchev–Trinajstić information content (AvgIpc) is 3.08. The van der Waals surface area contributed by atoms with Gasteiger partial charge in [-0.1, -0.05) is 59.7 Å². The zero-order valence-electron chi connectivity index (χ0n) is 17.9. The summed E-state index contributed by atoms with van der Waals surface area (Å²) < 4.78 is 2.20. The highest BCUT2D eigenvalue weighted by Crippen LogP contribution is 2.23. The fourth-order valence-electron chi connectivity index (χ4n) is 3.87. The smallest absolute Gasteiger partial charge is 0.252 e. The Morgan fingerprint density at radius 3 is 2.40 bits per heavy atom. The molecular formula is C26H27N3O. The molecule has 0 bridgehead atoms. The Balaban J connectivity index is 1.67. The molecule has 1 heterocycles. The number of carbonyl (C=O) groups excluding carboxylic acids is 1. The lowest BCUT2D eigenvalue weighted by Crippen LogP contribution is -2.29. The number of benzene rings is 3. The van der Waals surface area contributed by atoms with E-state index in [1.807, 2.05) is 57.2 Å². The lowest BCUT2D eigenvalue weighted by molar-refractivity contribution is 0.0937. The number of hydrogen-bond acceptors (Lipinski definition) is 2. The van der Waals surface area contributed by atoms with Crippen molar-refractivity contribution in [2.75, 3.05) is 0 Å². The van der Waals surface area contributed by atoms with E-state index in [1.165, 1.54) is 11.1 Å². The molecule has 1 unspecified atom stereocenters. The largest absolute Gasteiger partial charge is 0.342 e. The number of carbonyl (C=O) groups is 1. The summed E-state index contributed by atoms with van der Waals surface area (Å²) in [6.07, 6.45) is 0. The molecule has 0 aliphatic rings. The van der Waals surface area contributed by atoms with Crippen molar-refractivity contribution in [3.63, 3.8) is 0 Å². The zero-order chi connectivity index (χ0) is 21.3. The van der Waals surface area contributed by atoms with Gasteiger partial charge >= 0.3 is 0 Å². The number of aromatic nitrogens is 2. The number of aryl methyl sites for hydroxylation is 3. The summed E-state index contributed by atoms with van der Waals surface area (Å²) in [4.78, 5) is 17.8. The van der Waals surface area contributed by atoms with Gasteiger partial charge in [-0.3, -0.25) is 4.79 Å². The second kappa shape index (κ2) is 8.15. The summed E-state index contributed by atoms with van der Waals surface area (Å²) >= 11 is 0. The third kappa shape index (κ3) is 3.99. The Kier molecular flexibility index (Phi) is 5.40. The molecule has 0 aliphatic carbocycles. The predicted octanol–water partition coefficient (Wildman–Crippen LogP) is 5.50. The topological polar surface area (TPSA) is 46.9 Å². The van der Waals surface area contributed by atoms with Crippen LogP contribution in [0.3, 0.4) is 0 Å². The van der Waals surface area contributed by atoms with Crippen LogP contribution >= 0.6 is 0 Å². The summed E-state index contributed by atoms with van der Waals surface area (Å²) in [6, 6.07) is 22.3. The van der Waals surface area contributed by atoms with Gasteiger partial charge in [0.1, 0.15) is 5.82 Å². The number of rotatable bonds is 5. The fraction of sp³-hybridized carbons (Fsp3) is 0.231. The highest BCUT2D eigenvalue weighted by Gasteiger charge is 2.20. The molecule has 0 aliphatic heterocycles. The standard InChI is InChI=1S/C26H27N3O/c1-17-9-12-21(13-10-17)16-29-24-8-6-5-7-23(24)28-25(29)20(4)27-26(30)22-14-11-18(2)15-19(22)3/h5-15,20H,16H2,1-4H3,(H,27,30). The van der Waals surface area contributed by atoms with E-state index in [9.17, 15) is 4.79 Å². The van der Waals surface area contributed by atoms with E-state index < -0.39 is 0 Å². The van der Waals surface area contributed by atoms with Gasteiger partial charge in [0.15, 0.2) is 0 Å². The number of para-hydroxylation sites is 2. The molecule has 0 spiro atoms. The van der Waals surface area contributed by atoms with Crippen LogP contribution in [0.1, 0.15) is 51.4 Å². The summed E-state index contributed by atoms with van der Waals surface area (Å²) in [5.41, 5.74) is 7.29. The first kappa shape index (κ1) is 19.9. The van der Waals surface area contributed by atoms with Gasteiger partial charge in [-0.05, 0) is 57.0 Å². The lowest BCUT2D eigenvalue weighted by atomic mass is 10.0. The Morgan fingerprint density at radius 1 is 0.967 bits per heavy atom. The average molecular weight is 398 g/mol. The minimum absolute atomic E-state index is 0.0751. The van der Waals surface area contributed by atoms with Gasteiger partial charge in [0, 0.05) is 12.1 Å². The number of nitrogens with one attached hydrogen (secondary N) is 1. The number of nitrogens with zero attached hydrogens (tertiary/aromatic N) is 2. The van der Waals surface area contributed by atoms with E-state index in [0.29, 0.717) is 12.1 Å². The van der Waals surface area contributed by atoms with Crippen LogP contribution in [0.5, 0.6) is 0 Å². The van der Waals surface area contributed by atoms with Crippen molar-refractivity contribution in [2.24, 2.45) is 0 Å². The van der Waals surface area contributed by atoms with Gasteiger partial charge in [-0.15, -0.1) is 0 Å². The molecule has 4 heteroatoms. The molecule has 1 amide bonds. The molecule has 0 fully saturated rings. The van der Waals surface area contributed by atoms with Crippen LogP contribution < -0.4 is 5.32 Å². The molecular weight excluding hydrogens is 370 g/mol. The third-order valence-electron chi connectivity index (χ3n) is 5.51. The molecule has 152 valence electrons. The summed E-state index contributed by atoms with van der Waals surface area (Å²) in [5.74, 6) is 0.781. The number of imidazole rings is 1. The van der Waals surface area contributed by atoms with E-state index in [0.717, 1.165) is 28.0 Å². The first-order chi connectivity index (χ1) is 14.4. The molecule has 4 nitrogen and oxygen atoms in total. The van der Waals surface area contributed by atoms with Crippen molar-refractivity contribution in [1.29, 1.82) is 0 Å². The minimum Gasteiger partial charge on any atom is -0.342 e. The maximum Gasteiger partial charge on any atom is 0.252 e. The molecule has 1 atom stereocenters. The van der Waals surface area contributed by atoms with Crippen molar-refractivity contribution in [3.8, 4) is 0 Å². The van der Waals surface area contributed by atoms with Gasteiger partial charge < -0.3 is 9.88 Å². The minimum atomic E-state index is -0.226. The molecule has 0 saturated carbocycles. The van der Waals surface area contributed by atoms with E-state index in [-0.39, 0.29) is 11.9 Å². The van der Waals surface area contributed by atoms with Crippen LogP contribution in [-0.2, 0) is 6.54 Å². The predicted molar refractivity (Wildman–Crippen MR) is 122 cm³/mol. The molecule has 0 radical (unpaired) electrons. The molecule has 1 N–H and O–H groups in total. The monoisotopic (exact) mass is 397 g/mol. The van der Waals surface area contributed by atoms with Crippen LogP contribution in [-0.4, -0.2) is 15.5 Å². The summed E-state index contributed by atoms with van der Waals surface area (Å²) in [5, 5.41) is 3.15. The molecule has 1 aromatic heterocycles. The first-order valence-electron chi connectivity index (χ1n) is 10.3. The lowest BCUT2D eigenvalue weighted by Gasteiger charge is -2.17. The van der Waals surface area contributed by atoms with Crippen molar-refractivity contribution >= 4 is 16.9 Å². The van der Waals surface area contributed by atoms with Crippen molar-refractivity contribution < 1.29 is 4.79 Å². The second-order valence-corrected chi connectivity index (χ2v) is 8.04. The molecule has 4 rings (SSSR count). The highest BCUT2D eigenvalue weighted by molar-refractivity contribution is 5.96. The van der Waals surface area contributed by atoms with E-state index in [4.69, 9.17) is 4.98 Å². The Bertz CT molecular complexity index is 1200. The number of hydrogen-bond donors (Lipinski definition) is 1. The maximum absolute atomic E-state index is 12.9. The molecule has 0 saturated heterocycles. The molecule has 30 heavy (non-hydrogen) atoms. The molecule has 3 aromatic carbocycles. The summed E-state index contributed by atoms with van der Waals surface area (Å²) in [7, 11) is 0. The van der Waals surface area contributed by atoms with Gasteiger partial charge in [-0.2, -0.15) is 0 Å². The quantitative estimate of drug-likeness (QED) is 0.483. The molecule has 4 aromatic rings. The van der Waals surface area contributed by atoms with E-state index in [2.05, 4.69) is 47.1 Å². The van der Waals surface area contributed by atoms with Crippen LogP contribution in [0.15, 0.2) is 66.7 Å². The van der Waals surface area contributed by atoms with Crippen molar-refractivity contribution in [2.45, 2.75) is 40.3 Å². The van der Waals surface area contributed by atoms with E-state index >= 15 is 0 Å². The van der Waals surface area contributed by atoms with Crippen LogP contribution in [0.4, 0.5) is 0 Å². The number of amides is 1. The number of fused-ring (bicyclic) bond motifs is 1. The summed E-state index contributed by atoms with van der Waals surface area (Å²) in [6.45, 7) is 8.80. The fourth-order valence-corrected chi connectivity index (χ4v) is 3.87. The van der Waals surface area contributed by atoms with Crippen LogP contribution in [0.25, 0.3) is 11.0 Å². The maximum atomic E-state index is 12.9. The third-order valence-corrected chi connectivity index (χ3v) is 5.51. The highest BCUT2D eigenvalue weighted by atomic mass is 16.1. The van der Waals surface area contributed by atoms with E-state index in [1.54, 1.807) is 0 Å². The zero-order valence-corrected chi connectivity index (χ0v) is 17.9. The Morgan fingerprint density at radius 2 is 1.67 bits per heavy atom. The Hall–Kier alpha value is -3.40. The Labute approximate surface area is 177 Å². The van der Waals surface area contributed by atoms with Gasteiger partial charge in [-0.25, -0.2) is 4.98 Å². The van der Waals surface area contributed by atoms with Crippen LogP contribution in [0.2, 0.25) is 0 Å². The van der Waals surface area contributed by atoms with Crippen molar-refractivity contribution in [1.82, 2.24) is 14.9 Å². The van der Waals surface area contributed by atoms with Crippen molar-refractivity contribution in [3.05, 3.63) is 100 Å². The van der Waals surface area contributed by atoms with Gasteiger partial charge in [0.2, 0.25) is 0 Å². The van der Waals surface area contributed by atoms with Gasteiger partial charge in [0.25, 0.3) is 5.91 Å². The normalized spacial score (nSPS) is 12.1. The van der Waals surface area contributed by atoms with Gasteiger partial charge in [0.05, 0.1) is 17.1 Å². The SMILES string of the molecule is Cc1ccc(Cn2c(C(C)NC(=O)c3ccc(C)cc3C)nc3ccccc32)cc1. The second-order valence-electron chi connectivity index (χ2n) is 8.04. The first-order valence-corrected chi connectivity index (χ1v) is 10.3.